The second-order valence-corrected chi connectivity index (χ2v) is 6.41. The van der Waals surface area contributed by atoms with Gasteiger partial charge in [-0.2, -0.15) is 0 Å². The highest BCUT2D eigenvalue weighted by molar-refractivity contribution is 5.48. The third-order valence-corrected chi connectivity index (χ3v) is 4.11. The van der Waals surface area contributed by atoms with Crippen molar-refractivity contribution in [3.05, 3.63) is 28.8 Å². The van der Waals surface area contributed by atoms with Crippen LogP contribution in [0.5, 0.6) is 5.75 Å². The molecular formula is C16H25NO. The molecule has 2 heteroatoms. The van der Waals surface area contributed by atoms with Crippen molar-refractivity contribution in [3.63, 3.8) is 0 Å². The molecular weight excluding hydrogens is 222 g/mol. The van der Waals surface area contributed by atoms with Gasteiger partial charge in [0, 0.05) is 12.6 Å². The topological polar surface area (TPSA) is 12.5 Å². The van der Waals surface area contributed by atoms with Gasteiger partial charge >= 0.3 is 0 Å². The monoisotopic (exact) mass is 247 g/mol. The van der Waals surface area contributed by atoms with Crippen molar-refractivity contribution in [2.24, 2.45) is 0 Å². The molecule has 0 fully saturated rings. The molecule has 2 rings (SSSR count). The number of ether oxygens (including phenoxy) is 1. The Morgan fingerprint density at radius 2 is 1.94 bits per heavy atom. The van der Waals surface area contributed by atoms with Crippen LogP contribution in [0.25, 0.3) is 0 Å². The van der Waals surface area contributed by atoms with Crippen molar-refractivity contribution in [1.82, 2.24) is 4.90 Å². The standard InChI is InChI=1S/C16H25NO/c1-11-13-10-14(16(2,3)4)15(18-6)9-12(13)7-8-17(11)5/h9-11H,7-8H2,1-6H3/t11-/m0/s1. The average molecular weight is 247 g/mol. The van der Waals surface area contributed by atoms with E-state index in [4.69, 9.17) is 4.74 Å². The zero-order chi connectivity index (χ0) is 13.5. The third-order valence-electron chi connectivity index (χ3n) is 4.11. The second-order valence-electron chi connectivity index (χ2n) is 6.41. The molecule has 0 spiro atoms. The molecule has 0 aliphatic carbocycles. The number of nitrogens with zero attached hydrogens (tertiary/aromatic N) is 1. The molecule has 0 radical (unpaired) electrons. The number of methoxy groups -OCH3 is 1. The van der Waals surface area contributed by atoms with Crippen LogP contribution in [0.15, 0.2) is 12.1 Å². The largest absolute Gasteiger partial charge is 0.496 e. The highest BCUT2D eigenvalue weighted by Crippen LogP contribution is 2.38. The van der Waals surface area contributed by atoms with E-state index in [-0.39, 0.29) is 5.41 Å². The van der Waals surface area contributed by atoms with Crippen LogP contribution in [0.2, 0.25) is 0 Å². The van der Waals surface area contributed by atoms with Crippen LogP contribution in [0, 0.1) is 0 Å². The van der Waals surface area contributed by atoms with Gasteiger partial charge in [0.1, 0.15) is 5.75 Å². The molecule has 1 aliphatic heterocycles. The lowest BCUT2D eigenvalue weighted by atomic mass is 9.82. The summed E-state index contributed by atoms with van der Waals surface area (Å²) >= 11 is 0. The lowest BCUT2D eigenvalue weighted by Crippen LogP contribution is -2.31. The number of rotatable bonds is 1. The number of hydrogen-bond donors (Lipinski definition) is 0. The van der Waals surface area contributed by atoms with Gasteiger partial charge in [-0.1, -0.05) is 20.8 Å². The summed E-state index contributed by atoms with van der Waals surface area (Å²) in [6.45, 7) is 10.2. The van der Waals surface area contributed by atoms with E-state index in [0.717, 1.165) is 18.7 Å². The Hall–Kier alpha value is -1.02. The molecule has 1 atom stereocenters. The van der Waals surface area contributed by atoms with Gasteiger partial charge < -0.3 is 4.74 Å². The van der Waals surface area contributed by atoms with E-state index in [2.05, 4.69) is 51.8 Å². The van der Waals surface area contributed by atoms with Crippen LogP contribution in [-0.4, -0.2) is 25.6 Å². The average Bonchev–Trinajstić information content (AvgIpc) is 2.31. The zero-order valence-corrected chi connectivity index (χ0v) is 12.5. The minimum Gasteiger partial charge on any atom is -0.496 e. The fraction of sp³-hybridized carbons (Fsp3) is 0.625. The second kappa shape index (κ2) is 4.58. The number of benzene rings is 1. The number of likely N-dealkylation sites (N-methyl/N-ethyl adjacent to an activating group) is 1. The molecule has 2 nitrogen and oxygen atoms in total. The molecule has 0 saturated carbocycles. The first-order valence-corrected chi connectivity index (χ1v) is 6.76. The van der Waals surface area contributed by atoms with Gasteiger partial charge in [-0.3, -0.25) is 4.90 Å². The van der Waals surface area contributed by atoms with E-state index in [1.54, 1.807) is 7.11 Å². The highest BCUT2D eigenvalue weighted by atomic mass is 16.5. The van der Waals surface area contributed by atoms with E-state index in [0.29, 0.717) is 6.04 Å². The first-order valence-electron chi connectivity index (χ1n) is 6.76. The van der Waals surface area contributed by atoms with Crippen molar-refractivity contribution in [3.8, 4) is 5.75 Å². The summed E-state index contributed by atoms with van der Waals surface area (Å²) in [4.78, 5) is 2.42. The Morgan fingerprint density at radius 1 is 1.28 bits per heavy atom. The first-order chi connectivity index (χ1) is 8.34. The molecule has 1 aromatic rings. The quantitative estimate of drug-likeness (QED) is 0.752. The van der Waals surface area contributed by atoms with E-state index in [1.165, 1.54) is 16.7 Å². The Bertz CT molecular complexity index is 445. The van der Waals surface area contributed by atoms with Crippen molar-refractivity contribution in [2.75, 3.05) is 20.7 Å². The molecule has 0 unspecified atom stereocenters. The Balaban J connectivity index is 2.57. The van der Waals surface area contributed by atoms with Gasteiger partial charge in [-0.05, 0) is 54.6 Å². The summed E-state index contributed by atoms with van der Waals surface area (Å²) < 4.78 is 5.59. The summed E-state index contributed by atoms with van der Waals surface area (Å²) in [7, 11) is 3.98. The summed E-state index contributed by atoms with van der Waals surface area (Å²) in [6, 6.07) is 5.11. The van der Waals surface area contributed by atoms with Gasteiger partial charge in [-0.15, -0.1) is 0 Å². The van der Waals surface area contributed by atoms with Crippen molar-refractivity contribution in [1.29, 1.82) is 0 Å². The summed E-state index contributed by atoms with van der Waals surface area (Å²) in [5.41, 5.74) is 4.35. The normalized spacial score (nSPS) is 20.7. The van der Waals surface area contributed by atoms with Crippen LogP contribution in [0.1, 0.15) is 50.4 Å². The Kier molecular flexibility index (Phi) is 3.41. The predicted molar refractivity (Wildman–Crippen MR) is 76.4 cm³/mol. The van der Waals surface area contributed by atoms with E-state index in [1.807, 2.05) is 0 Å². The molecule has 0 bridgehead atoms. The van der Waals surface area contributed by atoms with Crippen LogP contribution < -0.4 is 4.74 Å². The molecule has 0 N–H and O–H groups in total. The van der Waals surface area contributed by atoms with Crippen LogP contribution in [0.3, 0.4) is 0 Å². The maximum Gasteiger partial charge on any atom is 0.122 e. The molecule has 1 aromatic carbocycles. The molecule has 1 aliphatic rings. The Labute approximate surface area is 111 Å². The van der Waals surface area contributed by atoms with Gasteiger partial charge in [0.05, 0.1) is 7.11 Å². The van der Waals surface area contributed by atoms with Crippen molar-refractivity contribution in [2.45, 2.75) is 45.6 Å². The van der Waals surface area contributed by atoms with E-state index in [9.17, 15) is 0 Å². The Morgan fingerprint density at radius 3 is 2.50 bits per heavy atom. The summed E-state index contributed by atoms with van der Waals surface area (Å²) in [6.07, 6.45) is 1.12. The van der Waals surface area contributed by atoms with E-state index >= 15 is 0 Å². The van der Waals surface area contributed by atoms with Gasteiger partial charge in [0.2, 0.25) is 0 Å². The molecule has 1 heterocycles. The maximum absolute atomic E-state index is 5.59. The fourth-order valence-corrected chi connectivity index (χ4v) is 2.73. The summed E-state index contributed by atoms with van der Waals surface area (Å²) in [5.74, 6) is 1.04. The zero-order valence-electron chi connectivity index (χ0n) is 12.5. The predicted octanol–water partition coefficient (Wildman–Crippen LogP) is 3.54. The first kappa shape index (κ1) is 13.4. The van der Waals surface area contributed by atoms with Crippen LogP contribution in [-0.2, 0) is 11.8 Å². The molecule has 18 heavy (non-hydrogen) atoms. The van der Waals surface area contributed by atoms with Gasteiger partial charge in [0.25, 0.3) is 0 Å². The van der Waals surface area contributed by atoms with Crippen molar-refractivity contribution >= 4 is 0 Å². The maximum atomic E-state index is 5.59. The van der Waals surface area contributed by atoms with Crippen molar-refractivity contribution < 1.29 is 4.74 Å². The third kappa shape index (κ3) is 2.26. The minimum absolute atomic E-state index is 0.121. The molecule has 100 valence electrons. The van der Waals surface area contributed by atoms with Crippen LogP contribution >= 0.6 is 0 Å². The smallest absolute Gasteiger partial charge is 0.122 e. The van der Waals surface area contributed by atoms with Crippen LogP contribution in [0.4, 0.5) is 0 Å². The fourth-order valence-electron chi connectivity index (χ4n) is 2.73. The van der Waals surface area contributed by atoms with Gasteiger partial charge in [0.15, 0.2) is 0 Å². The number of hydrogen-bond acceptors (Lipinski definition) is 2. The molecule has 0 aromatic heterocycles. The van der Waals surface area contributed by atoms with Gasteiger partial charge in [-0.25, -0.2) is 0 Å². The lowest BCUT2D eigenvalue weighted by molar-refractivity contribution is 0.246. The lowest BCUT2D eigenvalue weighted by Gasteiger charge is -2.34. The molecule has 0 amide bonds. The SMILES string of the molecule is COc1cc2c(cc1C(C)(C)C)[C@H](C)N(C)CC2. The molecule has 0 saturated heterocycles. The minimum atomic E-state index is 0.121. The van der Waals surface area contributed by atoms with E-state index < -0.39 is 0 Å². The summed E-state index contributed by atoms with van der Waals surface area (Å²) in [5, 5.41) is 0. The number of fused-ring (bicyclic) bond motifs is 1. The highest BCUT2D eigenvalue weighted by Gasteiger charge is 2.26.